The fourth-order valence-electron chi connectivity index (χ4n) is 2.15. The summed E-state index contributed by atoms with van der Waals surface area (Å²) in [6, 6.07) is 10.8. The highest BCUT2D eigenvalue weighted by Crippen LogP contribution is 2.21. The first-order valence-corrected chi connectivity index (χ1v) is 9.10. The monoisotopic (exact) mass is 405 g/mol. The number of hydrazone groups is 1. The fraction of sp³-hybridized carbons (Fsp3) is 0.250. The third-order valence-electron chi connectivity index (χ3n) is 3.73. The SMILES string of the molecule is CCCOc1ccc(Cl)cc1C=NNC(=O)C(C)C(=O)Nc1ccccc1F. The zero-order valence-corrected chi connectivity index (χ0v) is 16.3. The van der Waals surface area contributed by atoms with Crippen LogP contribution in [-0.4, -0.2) is 24.6 Å². The largest absolute Gasteiger partial charge is 0.493 e. The van der Waals surface area contributed by atoms with Crippen molar-refractivity contribution in [3.63, 3.8) is 0 Å². The number of halogens is 2. The minimum absolute atomic E-state index is 0.00675. The van der Waals surface area contributed by atoms with Gasteiger partial charge in [0.2, 0.25) is 5.91 Å². The lowest BCUT2D eigenvalue weighted by atomic mass is 10.1. The zero-order chi connectivity index (χ0) is 20.5. The number of ether oxygens (including phenoxy) is 1. The second kappa shape index (κ2) is 10.4. The molecular formula is C20H21ClFN3O3. The van der Waals surface area contributed by atoms with Gasteiger partial charge in [-0.05, 0) is 43.7 Å². The second-order valence-corrected chi connectivity index (χ2v) is 6.39. The van der Waals surface area contributed by atoms with Crippen LogP contribution in [0, 0.1) is 11.7 Å². The van der Waals surface area contributed by atoms with E-state index in [1.807, 2.05) is 6.92 Å². The normalized spacial score (nSPS) is 11.9. The van der Waals surface area contributed by atoms with E-state index in [-0.39, 0.29) is 5.69 Å². The molecule has 0 saturated carbocycles. The molecule has 1 unspecified atom stereocenters. The predicted molar refractivity (Wildman–Crippen MR) is 107 cm³/mol. The van der Waals surface area contributed by atoms with E-state index in [1.165, 1.54) is 31.3 Å². The third-order valence-corrected chi connectivity index (χ3v) is 3.97. The van der Waals surface area contributed by atoms with E-state index < -0.39 is 23.5 Å². The van der Waals surface area contributed by atoms with Gasteiger partial charge < -0.3 is 10.1 Å². The molecule has 0 radical (unpaired) electrons. The van der Waals surface area contributed by atoms with Crippen LogP contribution in [0.4, 0.5) is 10.1 Å². The molecule has 6 nitrogen and oxygen atoms in total. The van der Waals surface area contributed by atoms with Crippen LogP contribution >= 0.6 is 11.6 Å². The average Bonchev–Trinajstić information content (AvgIpc) is 2.68. The highest BCUT2D eigenvalue weighted by atomic mass is 35.5. The molecule has 2 N–H and O–H groups in total. The first-order chi connectivity index (χ1) is 13.4. The van der Waals surface area contributed by atoms with Gasteiger partial charge in [0.1, 0.15) is 17.5 Å². The zero-order valence-electron chi connectivity index (χ0n) is 15.5. The molecule has 8 heteroatoms. The van der Waals surface area contributed by atoms with E-state index in [9.17, 15) is 14.0 Å². The number of hydrogen-bond donors (Lipinski definition) is 2. The molecule has 0 fully saturated rings. The molecule has 2 amide bonds. The number of para-hydroxylation sites is 1. The third kappa shape index (κ3) is 6.06. The first kappa shape index (κ1) is 21.4. The molecule has 1 atom stereocenters. The summed E-state index contributed by atoms with van der Waals surface area (Å²) in [6.45, 7) is 3.91. The average molecular weight is 406 g/mol. The molecule has 0 aliphatic rings. The van der Waals surface area contributed by atoms with Crippen LogP contribution in [0.1, 0.15) is 25.8 Å². The molecule has 148 valence electrons. The molecule has 28 heavy (non-hydrogen) atoms. The molecule has 2 aromatic rings. The summed E-state index contributed by atoms with van der Waals surface area (Å²) in [5, 5.41) is 6.73. The number of hydrogen-bond acceptors (Lipinski definition) is 4. The maximum atomic E-state index is 13.6. The molecule has 0 spiro atoms. The van der Waals surface area contributed by atoms with Gasteiger partial charge in [0.15, 0.2) is 0 Å². The number of nitrogens with one attached hydrogen (secondary N) is 2. The van der Waals surface area contributed by atoms with Crippen LogP contribution in [0.25, 0.3) is 0 Å². The molecule has 0 aliphatic heterocycles. The highest BCUT2D eigenvalue weighted by molar-refractivity contribution is 6.30. The van der Waals surface area contributed by atoms with Gasteiger partial charge in [0.05, 0.1) is 18.5 Å². The van der Waals surface area contributed by atoms with Gasteiger partial charge in [-0.1, -0.05) is 30.7 Å². The topological polar surface area (TPSA) is 79.8 Å². The van der Waals surface area contributed by atoms with E-state index >= 15 is 0 Å². The van der Waals surface area contributed by atoms with Crippen molar-refractivity contribution in [1.29, 1.82) is 0 Å². The van der Waals surface area contributed by atoms with Gasteiger partial charge >= 0.3 is 0 Å². The Hall–Kier alpha value is -2.93. The lowest BCUT2D eigenvalue weighted by molar-refractivity contribution is -0.131. The summed E-state index contributed by atoms with van der Waals surface area (Å²) in [5.41, 5.74) is 2.89. The van der Waals surface area contributed by atoms with Crippen LogP contribution in [0.2, 0.25) is 5.02 Å². The van der Waals surface area contributed by atoms with Crippen LogP contribution in [0.15, 0.2) is 47.6 Å². The Balaban J connectivity index is 1.98. The number of carbonyl (C=O) groups is 2. The Morgan fingerprint density at radius 2 is 2.00 bits per heavy atom. The Bertz CT molecular complexity index is 874. The van der Waals surface area contributed by atoms with Gasteiger partial charge in [0.25, 0.3) is 5.91 Å². The van der Waals surface area contributed by atoms with Gasteiger partial charge in [-0.15, -0.1) is 0 Å². The Labute approximate surface area is 167 Å². The first-order valence-electron chi connectivity index (χ1n) is 8.73. The fourth-order valence-corrected chi connectivity index (χ4v) is 2.33. The van der Waals surface area contributed by atoms with Crippen LogP contribution in [0.3, 0.4) is 0 Å². The quantitative estimate of drug-likeness (QED) is 0.396. The van der Waals surface area contributed by atoms with Gasteiger partial charge in [-0.25, -0.2) is 9.82 Å². The van der Waals surface area contributed by atoms with E-state index in [0.29, 0.717) is 22.9 Å². The summed E-state index contributed by atoms with van der Waals surface area (Å²) >= 11 is 5.99. The lowest BCUT2D eigenvalue weighted by Gasteiger charge is -2.11. The van der Waals surface area contributed by atoms with Crippen molar-refractivity contribution >= 4 is 35.3 Å². The Morgan fingerprint density at radius 3 is 2.71 bits per heavy atom. The van der Waals surface area contributed by atoms with E-state index in [0.717, 1.165) is 6.42 Å². The minimum Gasteiger partial charge on any atom is -0.493 e. The number of carbonyl (C=O) groups excluding carboxylic acids is 2. The van der Waals surface area contributed by atoms with Crippen molar-refractivity contribution in [2.24, 2.45) is 11.0 Å². The van der Waals surface area contributed by atoms with Crippen molar-refractivity contribution in [1.82, 2.24) is 5.43 Å². The maximum absolute atomic E-state index is 13.6. The number of benzene rings is 2. The summed E-state index contributed by atoms with van der Waals surface area (Å²) in [6.07, 6.45) is 2.22. The number of anilines is 1. The van der Waals surface area contributed by atoms with Gasteiger partial charge in [-0.2, -0.15) is 5.10 Å². The summed E-state index contributed by atoms with van der Waals surface area (Å²) in [4.78, 5) is 24.3. The van der Waals surface area contributed by atoms with E-state index in [2.05, 4.69) is 15.8 Å². The van der Waals surface area contributed by atoms with Crippen LogP contribution in [0.5, 0.6) is 5.75 Å². The van der Waals surface area contributed by atoms with Crippen LogP contribution in [-0.2, 0) is 9.59 Å². The van der Waals surface area contributed by atoms with Crippen molar-refractivity contribution in [2.45, 2.75) is 20.3 Å². The van der Waals surface area contributed by atoms with Crippen molar-refractivity contribution in [3.8, 4) is 5.75 Å². The molecule has 2 aromatic carbocycles. The molecule has 0 aliphatic carbocycles. The van der Waals surface area contributed by atoms with E-state index in [1.54, 1.807) is 24.3 Å². The minimum atomic E-state index is -1.08. The molecular weight excluding hydrogens is 385 g/mol. The molecule has 2 rings (SSSR count). The number of amides is 2. The molecule has 0 aromatic heterocycles. The smallest absolute Gasteiger partial charge is 0.252 e. The lowest BCUT2D eigenvalue weighted by Crippen LogP contribution is -2.34. The molecule has 0 saturated heterocycles. The summed E-state index contributed by atoms with van der Waals surface area (Å²) in [5.74, 6) is -2.36. The molecule has 0 bridgehead atoms. The maximum Gasteiger partial charge on any atom is 0.252 e. The van der Waals surface area contributed by atoms with E-state index in [4.69, 9.17) is 16.3 Å². The van der Waals surface area contributed by atoms with Crippen molar-refractivity contribution in [2.75, 3.05) is 11.9 Å². The standard InChI is InChI=1S/C20H21ClFN3O3/c1-3-10-28-18-9-8-15(21)11-14(18)12-23-25-20(27)13(2)19(26)24-17-7-5-4-6-16(17)22/h4-9,11-13H,3,10H2,1-2H3,(H,24,26)(H,25,27). The Kier molecular flexibility index (Phi) is 7.95. The van der Waals surface area contributed by atoms with Gasteiger partial charge in [-0.3, -0.25) is 9.59 Å². The molecule has 0 heterocycles. The summed E-state index contributed by atoms with van der Waals surface area (Å²) < 4.78 is 19.2. The second-order valence-electron chi connectivity index (χ2n) is 5.96. The number of rotatable bonds is 8. The van der Waals surface area contributed by atoms with Crippen LogP contribution < -0.4 is 15.5 Å². The predicted octanol–water partition coefficient (Wildman–Crippen LogP) is 3.99. The summed E-state index contributed by atoms with van der Waals surface area (Å²) in [7, 11) is 0. The van der Waals surface area contributed by atoms with Crippen molar-refractivity contribution < 1.29 is 18.7 Å². The number of nitrogens with zero attached hydrogens (tertiary/aromatic N) is 1. The highest BCUT2D eigenvalue weighted by Gasteiger charge is 2.22. The van der Waals surface area contributed by atoms with Crippen molar-refractivity contribution in [3.05, 3.63) is 58.9 Å². The van der Waals surface area contributed by atoms with Gasteiger partial charge in [0, 0.05) is 10.6 Å². The Morgan fingerprint density at radius 1 is 1.25 bits per heavy atom.